The third-order valence-corrected chi connectivity index (χ3v) is 4.60. The summed E-state index contributed by atoms with van der Waals surface area (Å²) in [4.78, 5) is 0. The van der Waals surface area contributed by atoms with Crippen LogP contribution in [0.25, 0.3) is 11.1 Å². The molecule has 0 aromatic heterocycles. The van der Waals surface area contributed by atoms with Gasteiger partial charge in [-0.1, -0.05) is 61.8 Å². The predicted octanol–water partition coefficient (Wildman–Crippen LogP) is 6.97. The van der Waals surface area contributed by atoms with E-state index in [1.54, 1.807) is 0 Å². The number of hydrogen-bond acceptors (Lipinski definition) is 0. The minimum Gasteiger partial charge on any atom is -0.0617 e. The molecule has 0 aliphatic heterocycles. The summed E-state index contributed by atoms with van der Waals surface area (Å²) in [6, 6.07) is 13.4. The van der Waals surface area contributed by atoms with Crippen molar-refractivity contribution in [2.24, 2.45) is 0 Å². The average Bonchev–Trinajstić information content (AvgIpc) is 2.36. The normalized spacial score (nSPS) is 11.4. The molecule has 0 fully saturated rings. The van der Waals surface area contributed by atoms with Gasteiger partial charge in [0.2, 0.25) is 0 Å². The summed E-state index contributed by atoms with van der Waals surface area (Å²) in [7, 11) is 0. The predicted molar refractivity (Wildman–Crippen MR) is 100 cm³/mol. The zero-order chi connectivity index (χ0) is 14.9. The summed E-state index contributed by atoms with van der Waals surface area (Å²) in [5.74, 6) is 1.06. The van der Waals surface area contributed by atoms with Gasteiger partial charge in [0, 0.05) is 8.04 Å². The molecule has 0 spiro atoms. The fourth-order valence-corrected chi connectivity index (χ4v) is 4.17. The summed E-state index contributed by atoms with van der Waals surface area (Å²) >= 11 is 6.01. The Bertz CT molecular complexity index is 568. The Morgan fingerprint density at radius 2 is 1.45 bits per heavy atom. The van der Waals surface area contributed by atoms with E-state index >= 15 is 0 Å². The molecule has 2 aromatic rings. The Kier molecular flexibility index (Phi) is 5.30. The lowest BCUT2D eigenvalue weighted by atomic mass is 9.85. The van der Waals surface area contributed by atoms with Gasteiger partial charge in [-0.3, -0.25) is 0 Å². The van der Waals surface area contributed by atoms with Crippen molar-refractivity contribution in [3.8, 4) is 11.1 Å². The molecule has 2 rings (SSSR count). The molecule has 0 N–H and O–H groups in total. The van der Waals surface area contributed by atoms with E-state index in [0.717, 1.165) is 4.47 Å². The van der Waals surface area contributed by atoms with E-state index in [1.807, 2.05) is 0 Å². The molecule has 0 saturated heterocycles. The minimum atomic E-state index is 0.528. The zero-order valence-electron chi connectivity index (χ0n) is 12.4. The Morgan fingerprint density at radius 1 is 0.900 bits per heavy atom. The minimum absolute atomic E-state index is 0.528. The van der Waals surface area contributed by atoms with E-state index < -0.39 is 0 Å². The van der Waals surface area contributed by atoms with Gasteiger partial charge in [-0.2, -0.15) is 0 Å². The Labute approximate surface area is 144 Å². The topological polar surface area (TPSA) is 0 Å². The fraction of sp³-hybridized carbons (Fsp3) is 0.333. The Balaban J connectivity index is 2.75. The molecule has 2 aromatic carbocycles. The second-order valence-electron chi connectivity index (χ2n) is 5.78. The standard InChI is InChI=1S/C18H20BrI/c1-11(2)16-6-5-7-17(12(3)4)18(16)13-8-14(19)10-15(20)9-13/h5-12H,1-4H3. The monoisotopic (exact) mass is 442 g/mol. The first-order valence-electron chi connectivity index (χ1n) is 6.99. The molecule has 0 saturated carbocycles. The van der Waals surface area contributed by atoms with Crippen molar-refractivity contribution in [2.75, 3.05) is 0 Å². The molecule has 0 unspecified atom stereocenters. The van der Waals surface area contributed by atoms with Crippen LogP contribution in [0.5, 0.6) is 0 Å². The second kappa shape index (κ2) is 6.61. The summed E-state index contributed by atoms with van der Waals surface area (Å²) < 4.78 is 2.41. The Morgan fingerprint density at radius 3 is 1.90 bits per heavy atom. The van der Waals surface area contributed by atoms with Gasteiger partial charge in [0.15, 0.2) is 0 Å². The van der Waals surface area contributed by atoms with E-state index in [0.29, 0.717) is 11.8 Å². The summed E-state index contributed by atoms with van der Waals surface area (Å²) in [5.41, 5.74) is 5.60. The van der Waals surface area contributed by atoms with Crippen LogP contribution in [0.15, 0.2) is 40.9 Å². The largest absolute Gasteiger partial charge is 0.0617 e. The van der Waals surface area contributed by atoms with Gasteiger partial charge < -0.3 is 0 Å². The van der Waals surface area contributed by atoms with Crippen molar-refractivity contribution in [1.82, 2.24) is 0 Å². The number of hydrogen-bond donors (Lipinski definition) is 0. The van der Waals surface area contributed by atoms with Gasteiger partial charge in [-0.25, -0.2) is 0 Å². The fourth-order valence-electron chi connectivity index (χ4n) is 2.58. The van der Waals surface area contributed by atoms with Crippen LogP contribution < -0.4 is 0 Å². The van der Waals surface area contributed by atoms with Crippen molar-refractivity contribution in [1.29, 1.82) is 0 Å². The summed E-state index contributed by atoms with van der Waals surface area (Å²) in [6.07, 6.45) is 0. The lowest BCUT2D eigenvalue weighted by molar-refractivity contribution is 0.838. The summed E-state index contributed by atoms with van der Waals surface area (Å²) in [5, 5.41) is 0. The maximum absolute atomic E-state index is 3.63. The SMILES string of the molecule is CC(C)c1cccc(C(C)C)c1-c1cc(Br)cc(I)c1. The van der Waals surface area contributed by atoms with Gasteiger partial charge in [0.05, 0.1) is 0 Å². The lowest BCUT2D eigenvalue weighted by Gasteiger charge is -2.20. The molecule has 106 valence electrons. The molecule has 0 aliphatic carbocycles. The van der Waals surface area contributed by atoms with E-state index in [9.17, 15) is 0 Å². The van der Waals surface area contributed by atoms with Crippen LogP contribution in [0.1, 0.15) is 50.7 Å². The number of benzene rings is 2. The summed E-state index contributed by atoms with van der Waals surface area (Å²) in [6.45, 7) is 9.08. The molecular weight excluding hydrogens is 423 g/mol. The molecule has 0 atom stereocenters. The highest BCUT2D eigenvalue weighted by Crippen LogP contribution is 2.37. The molecule has 0 amide bonds. The van der Waals surface area contributed by atoms with Gasteiger partial charge in [-0.05, 0) is 74.9 Å². The van der Waals surface area contributed by atoms with Gasteiger partial charge in [-0.15, -0.1) is 0 Å². The van der Waals surface area contributed by atoms with Crippen LogP contribution in [0, 0.1) is 3.57 Å². The van der Waals surface area contributed by atoms with Crippen molar-refractivity contribution in [3.63, 3.8) is 0 Å². The molecule has 0 aliphatic rings. The van der Waals surface area contributed by atoms with Crippen molar-refractivity contribution >= 4 is 38.5 Å². The van der Waals surface area contributed by atoms with Gasteiger partial charge in [0.1, 0.15) is 0 Å². The van der Waals surface area contributed by atoms with Crippen LogP contribution >= 0.6 is 38.5 Å². The van der Waals surface area contributed by atoms with Crippen molar-refractivity contribution in [3.05, 3.63) is 55.6 Å². The molecule has 20 heavy (non-hydrogen) atoms. The third-order valence-electron chi connectivity index (χ3n) is 3.52. The smallest absolute Gasteiger partial charge is 0.0191 e. The second-order valence-corrected chi connectivity index (χ2v) is 7.94. The quantitative estimate of drug-likeness (QED) is 0.450. The lowest BCUT2D eigenvalue weighted by Crippen LogP contribution is -2.00. The number of rotatable bonds is 3. The van der Waals surface area contributed by atoms with Crippen LogP contribution in [0.4, 0.5) is 0 Å². The highest BCUT2D eigenvalue weighted by molar-refractivity contribution is 14.1. The van der Waals surface area contributed by atoms with E-state index in [2.05, 4.69) is 103 Å². The van der Waals surface area contributed by atoms with E-state index in [-0.39, 0.29) is 0 Å². The Hall–Kier alpha value is -0.350. The highest BCUT2D eigenvalue weighted by atomic mass is 127. The first kappa shape index (κ1) is 16.0. The molecule has 0 heterocycles. The maximum atomic E-state index is 3.63. The third kappa shape index (κ3) is 3.45. The first-order chi connectivity index (χ1) is 9.40. The van der Waals surface area contributed by atoms with Crippen molar-refractivity contribution < 1.29 is 0 Å². The van der Waals surface area contributed by atoms with E-state index in [4.69, 9.17) is 0 Å². The van der Waals surface area contributed by atoms with Crippen LogP contribution in [-0.4, -0.2) is 0 Å². The molecule has 0 nitrogen and oxygen atoms in total. The van der Waals surface area contributed by atoms with Crippen molar-refractivity contribution in [2.45, 2.75) is 39.5 Å². The maximum Gasteiger partial charge on any atom is 0.0191 e. The average molecular weight is 443 g/mol. The molecule has 0 bridgehead atoms. The van der Waals surface area contributed by atoms with Gasteiger partial charge in [0.25, 0.3) is 0 Å². The first-order valence-corrected chi connectivity index (χ1v) is 8.86. The zero-order valence-corrected chi connectivity index (χ0v) is 16.1. The molecular formula is C18H20BrI. The van der Waals surface area contributed by atoms with Crippen LogP contribution in [-0.2, 0) is 0 Å². The van der Waals surface area contributed by atoms with Crippen LogP contribution in [0.3, 0.4) is 0 Å². The molecule has 2 heteroatoms. The van der Waals surface area contributed by atoms with Crippen LogP contribution in [0.2, 0.25) is 0 Å². The highest BCUT2D eigenvalue weighted by Gasteiger charge is 2.15. The molecule has 0 radical (unpaired) electrons. The van der Waals surface area contributed by atoms with Gasteiger partial charge >= 0.3 is 0 Å². The number of halogens is 2. The van der Waals surface area contributed by atoms with E-state index in [1.165, 1.54) is 25.8 Å².